The van der Waals surface area contributed by atoms with Gasteiger partial charge >= 0.3 is 0 Å². The molecule has 0 radical (unpaired) electrons. The largest absolute Gasteiger partial charge is 0.332 e. The fourth-order valence-corrected chi connectivity index (χ4v) is 2.66. The van der Waals surface area contributed by atoms with Gasteiger partial charge in [-0.15, -0.1) is 0 Å². The van der Waals surface area contributed by atoms with Crippen molar-refractivity contribution in [3.8, 4) is 0 Å². The zero-order valence-electron chi connectivity index (χ0n) is 11.3. The number of nitrogens with zero attached hydrogens (tertiary/aromatic N) is 2. The molecule has 0 saturated carbocycles. The number of carbonyl (C=O) groups is 1. The Kier molecular flexibility index (Phi) is 3.26. The highest BCUT2D eigenvalue weighted by Crippen LogP contribution is 2.23. The number of rotatable bonds is 2. The normalized spacial score (nSPS) is 17.6. The predicted octanol–water partition coefficient (Wildman–Crippen LogP) is 2.53. The quantitative estimate of drug-likeness (QED) is 0.914. The molecule has 0 spiro atoms. The van der Waals surface area contributed by atoms with Gasteiger partial charge in [0.25, 0.3) is 0 Å². The second-order valence-electron chi connectivity index (χ2n) is 5.14. The van der Waals surface area contributed by atoms with Gasteiger partial charge in [-0.2, -0.15) is 0 Å². The van der Waals surface area contributed by atoms with Crippen molar-refractivity contribution in [2.45, 2.75) is 26.3 Å². The molecule has 1 aliphatic heterocycles. The van der Waals surface area contributed by atoms with E-state index in [4.69, 9.17) is 0 Å². The smallest absolute Gasteiger partial charge is 0.227 e. The van der Waals surface area contributed by atoms with Crippen LogP contribution in [0.25, 0.3) is 0 Å². The third-order valence-corrected chi connectivity index (χ3v) is 3.76. The van der Waals surface area contributed by atoms with Crippen molar-refractivity contribution >= 4 is 11.6 Å². The van der Waals surface area contributed by atoms with E-state index >= 15 is 0 Å². The molecule has 4 nitrogen and oxygen atoms in total. The van der Waals surface area contributed by atoms with Crippen LogP contribution in [0.15, 0.2) is 30.5 Å². The summed E-state index contributed by atoms with van der Waals surface area (Å²) in [4.78, 5) is 16.5. The van der Waals surface area contributed by atoms with Crippen molar-refractivity contribution in [3.05, 3.63) is 47.8 Å². The summed E-state index contributed by atoms with van der Waals surface area (Å²) in [5.41, 5.74) is 1.60. The number of anilines is 1. The van der Waals surface area contributed by atoms with Gasteiger partial charge in [-0.1, -0.05) is 6.07 Å². The Morgan fingerprint density at radius 1 is 1.50 bits per heavy atom. The van der Waals surface area contributed by atoms with Gasteiger partial charge in [-0.3, -0.25) is 4.79 Å². The van der Waals surface area contributed by atoms with Crippen LogP contribution in [0.5, 0.6) is 0 Å². The Morgan fingerprint density at radius 2 is 2.35 bits per heavy atom. The van der Waals surface area contributed by atoms with E-state index in [0.29, 0.717) is 12.1 Å². The van der Waals surface area contributed by atoms with Gasteiger partial charge in [-0.05, 0) is 31.5 Å². The van der Waals surface area contributed by atoms with Gasteiger partial charge in [-0.25, -0.2) is 9.37 Å². The fraction of sp³-hybridized carbons (Fsp3) is 0.333. The molecule has 1 unspecified atom stereocenters. The minimum atomic E-state index is -0.347. The van der Waals surface area contributed by atoms with Crippen molar-refractivity contribution in [1.29, 1.82) is 0 Å². The van der Waals surface area contributed by atoms with Crippen LogP contribution in [-0.2, 0) is 17.8 Å². The van der Waals surface area contributed by atoms with Gasteiger partial charge in [0, 0.05) is 36.5 Å². The molecule has 104 valence electrons. The summed E-state index contributed by atoms with van der Waals surface area (Å²) in [6.07, 6.45) is 3.30. The third-order valence-electron chi connectivity index (χ3n) is 3.76. The summed E-state index contributed by atoms with van der Waals surface area (Å²) >= 11 is 0. The van der Waals surface area contributed by atoms with E-state index < -0.39 is 0 Å². The van der Waals surface area contributed by atoms with Crippen molar-refractivity contribution in [3.63, 3.8) is 0 Å². The van der Waals surface area contributed by atoms with Crippen molar-refractivity contribution in [2.24, 2.45) is 5.92 Å². The van der Waals surface area contributed by atoms with Crippen molar-refractivity contribution < 1.29 is 9.18 Å². The summed E-state index contributed by atoms with van der Waals surface area (Å²) in [7, 11) is 0. The minimum Gasteiger partial charge on any atom is -0.332 e. The first-order valence-corrected chi connectivity index (χ1v) is 6.71. The van der Waals surface area contributed by atoms with Crippen LogP contribution >= 0.6 is 0 Å². The first-order valence-electron chi connectivity index (χ1n) is 6.71. The molecule has 1 amide bonds. The van der Waals surface area contributed by atoms with Gasteiger partial charge in [0.05, 0.1) is 0 Å². The number of fused-ring (bicyclic) bond motifs is 1. The van der Waals surface area contributed by atoms with Crippen molar-refractivity contribution in [1.82, 2.24) is 9.55 Å². The molecule has 0 fully saturated rings. The number of carbonyl (C=O) groups excluding carboxylic acids is 1. The summed E-state index contributed by atoms with van der Waals surface area (Å²) in [5.74, 6) is 0.506. The molecule has 1 atom stereocenters. The maximum Gasteiger partial charge on any atom is 0.227 e. The van der Waals surface area contributed by atoms with Crippen LogP contribution in [0.3, 0.4) is 0 Å². The van der Waals surface area contributed by atoms with Crippen LogP contribution in [0.4, 0.5) is 10.1 Å². The first kappa shape index (κ1) is 12.8. The van der Waals surface area contributed by atoms with E-state index in [-0.39, 0.29) is 17.6 Å². The second kappa shape index (κ2) is 5.07. The van der Waals surface area contributed by atoms with E-state index in [9.17, 15) is 9.18 Å². The van der Waals surface area contributed by atoms with E-state index in [1.54, 1.807) is 12.1 Å². The maximum atomic E-state index is 13.1. The Balaban J connectivity index is 1.70. The lowest BCUT2D eigenvalue weighted by Crippen LogP contribution is -2.30. The lowest BCUT2D eigenvalue weighted by Gasteiger charge is -2.23. The summed E-state index contributed by atoms with van der Waals surface area (Å²) in [6, 6.07) is 5.97. The number of benzene rings is 1. The van der Waals surface area contributed by atoms with E-state index in [2.05, 4.69) is 14.9 Å². The van der Waals surface area contributed by atoms with Gasteiger partial charge < -0.3 is 9.88 Å². The summed E-state index contributed by atoms with van der Waals surface area (Å²) in [5, 5.41) is 2.78. The zero-order chi connectivity index (χ0) is 14.1. The van der Waals surface area contributed by atoms with E-state index in [1.807, 2.05) is 13.1 Å². The fourth-order valence-electron chi connectivity index (χ4n) is 2.66. The predicted molar refractivity (Wildman–Crippen MR) is 73.8 cm³/mol. The molecule has 5 heteroatoms. The Hall–Kier alpha value is -2.17. The highest BCUT2D eigenvalue weighted by Gasteiger charge is 2.25. The number of aryl methyl sites for hydroxylation is 1. The number of nitrogens with one attached hydrogen (secondary N) is 1. The van der Waals surface area contributed by atoms with Crippen LogP contribution in [0.1, 0.15) is 17.9 Å². The molecule has 0 saturated heterocycles. The Labute approximate surface area is 116 Å². The molecular weight excluding hydrogens is 257 g/mol. The molecule has 1 aromatic carbocycles. The first-order chi connectivity index (χ1) is 9.63. The molecule has 1 aromatic heterocycles. The molecule has 2 aromatic rings. The topological polar surface area (TPSA) is 46.9 Å². The highest BCUT2D eigenvalue weighted by molar-refractivity contribution is 5.92. The molecular formula is C15H16FN3O. The summed E-state index contributed by atoms with van der Waals surface area (Å²) in [6.45, 7) is 2.78. The van der Waals surface area contributed by atoms with E-state index in [0.717, 1.165) is 24.5 Å². The van der Waals surface area contributed by atoms with Gasteiger partial charge in [0.15, 0.2) is 0 Å². The number of hydrogen-bond donors (Lipinski definition) is 1. The lowest BCUT2D eigenvalue weighted by atomic mass is 9.95. The Morgan fingerprint density at radius 3 is 3.15 bits per heavy atom. The standard InChI is InChI=1S/C15H16FN3O/c1-10-17-9-14-7-11(5-6-19(10)14)15(20)18-13-4-2-3-12(16)8-13/h2-4,8-9,11H,5-7H2,1H3,(H,18,20). The number of imidazole rings is 1. The van der Waals surface area contributed by atoms with Crippen LogP contribution < -0.4 is 5.32 Å². The third kappa shape index (κ3) is 2.43. The number of halogens is 1. The number of hydrogen-bond acceptors (Lipinski definition) is 2. The maximum absolute atomic E-state index is 13.1. The molecule has 1 aliphatic rings. The van der Waals surface area contributed by atoms with Crippen LogP contribution in [0.2, 0.25) is 0 Å². The molecule has 2 heterocycles. The van der Waals surface area contributed by atoms with Crippen LogP contribution in [0, 0.1) is 18.7 Å². The molecule has 3 rings (SSSR count). The van der Waals surface area contributed by atoms with E-state index in [1.165, 1.54) is 12.1 Å². The zero-order valence-corrected chi connectivity index (χ0v) is 11.3. The monoisotopic (exact) mass is 273 g/mol. The Bertz CT molecular complexity index is 650. The average Bonchev–Trinajstić information content (AvgIpc) is 2.80. The number of aromatic nitrogens is 2. The highest BCUT2D eigenvalue weighted by atomic mass is 19.1. The number of amides is 1. The lowest BCUT2D eigenvalue weighted by molar-refractivity contribution is -0.120. The summed E-state index contributed by atoms with van der Waals surface area (Å²) < 4.78 is 15.2. The molecule has 0 aliphatic carbocycles. The van der Waals surface area contributed by atoms with Gasteiger partial charge in [0.2, 0.25) is 5.91 Å². The average molecular weight is 273 g/mol. The SMILES string of the molecule is Cc1ncc2n1CCC(C(=O)Nc1cccc(F)c1)C2. The molecule has 1 N–H and O–H groups in total. The molecule has 20 heavy (non-hydrogen) atoms. The minimum absolute atomic E-state index is 0.0549. The van der Waals surface area contributed by atoms with Crippen molar-refractivity contribution in [2.75, 3.05) is 5.32 Å². The molecule has 0 bridgehead atoms. The van der Waals surface area contributed by atoms with Gasteiger partial charge in [0.1, 0.15) is 11.6 Å². The van der Waals surface area contributed by atoms with Crippen LogP contribution in [-0.4, -0.2) is 15.5 Å². The second-order valence-corrected chi connectivity index (χ2v) is 5.14.